The van der Waals surface area contributed by atoms with Crippen molar-refractivity contribution >= 4 is 28.6 Å². The molecule has 1 aromatic carbocycles. The predicted octanol–water partition coefficient (Wildman–Crippen LogP) is 1.82. The molecule has 110 valence electrons. The molecule has 21 heavy (non-hydrogen) atoms. The van der Waals surface area contributed by atoms with E-state index >= 15 is 0 Å². The van der Waals surface area contributed by atoms with Crippen LogP contribution in [0, 0.1) is 0 Å². The van der Waals surface area contributed by atoms with Gasteiger partial charge in [0, 0.05) is 19.5 Å². The van der Waals surface area contributed by atoms with Crippen LogP contribution in [0.15, 0.2) is 30.3 Å². The van der Waals surface area contributed by atoms with E-state index < -0.39 is 12.0 Å². The smallest absolute Gasteiger partial charge is 0.336 e. The number of benzene rings is 1. The number of aromatic carboxylic acids is 1. The van der Waals surface area contributed by atoms with Gasteiger partial charge >= 0.3 is 5.97 Å². The van der Waals surface area contributed by atoms with E-state index in [1.807, 2.05) is 0 Å². The van der Waals surface area contributed by atoms with Gasteiger partial charge in [-0.1, -0.05) is 18.2 Å². The molecule has 0 spiro atoms. The van der Waals surface area contributed by atoms with Crippen LogP contribution < -0.4 is 5.32 Å². The molecule has 1 unspecified atom stereocenters. The minimum Gasteiger partial charge on any atom is -0.478 e. The summed E-state index contributed by atoms with van der Waals surface area (Å²) in [6.45, 7) is 1.71. The molecule has 2 aromatic rings. The van der Waals surface area contributed by atoms with Gasteiger partial charge in [0.2, 0.25) is 5.91 Å². The molecular weight excluding hydrogens is 270 g/mol. The van der Waals surface area contributed by atoms with Gasteiger partial charge in [-0.3, -0.25) is 4.79 Å². The van der Waals surface area contributed by atoms with Crippen molar-refractivity contribution in [3.8, 4) is 0 Å². The van der Waals surface area contributed by atoms with E-state index in [4.69, 9.17) is 0 Å². The van der Waals surface area contributed by atoms with Gasteiger partial charge in [0.25, 0.3) is 0 Å². The minimum atomic E-state index is -1.02. The number of carbonyl (C=O) groups excluding carboxylic acids is 1. The Balaban J connectivity index is 2.41. The highest BCUT2D eigenvalue weighted by molar-refractivity contribution is 6.03. The predicted molar refractivity (Wildman–Crippen MR) is 80.5 cm³/mol. The number of pyridine rings is 1. The van der Waals surface area contributed by atoms with Crippen LogP contribution in [0.3, 0.4) is 0 Å². The average Bonchev–Trinajstić information content (AvgIpc) is 2.45. The molecule has 1 amide bonds. The SMILES string of the molecule is CC(Nc1cc(C(=O)O)c2ccccc2n1)C(=O)N(C)C. The molecule has 0 saturated carbocycles. The molecule has 1 heterocycles. The second kappa shape index (κ2) is 5.78. The Morgan fingerprint density at radius 2 is 1.95 bits per heavy atom. The molecule has 0 aliphatic rings. The lowest BCUT2D eigenvalue weighted by Crippen LogP contribution is -2.36. The number of carboxylic acid groups (broad SMARTS) is 1. The molecule has 2 rings (SSSR count). The summed E-state index contributed by atoms with van der Waals surface area (Å²) in [5, 5.41) is 12.8. The van der Waals surface area contributed by atoms with Gasteiger partial charge in [0.15, 0.2) is 0 Å². The number of hydrogen-bond acceptors (Lipinski definition) is 4. The number of aromatic nitrogens is 1. The summed E-state index contributed by atoms with van der Waals surface area (Å²) >= 11 is 0. The summed E-state index contributed by atoms with van der Waals surface area (Å²) in [4.78, 5) is 29.0. The second-order valence-electron chi connectivity index (χ2n) is 4.98. The zero-order valence-corrected chi connectivity index (χ0v) is 12.1. The lowest BCUT2D eigenvalue weighted by atomic mass is 10.1. The fourth-order valence-electron chi connectivity index (χ4n) is 2.10. The number of anilines is 1. The molecular formula is C15H17N3O3. The van der Waals surface area contributed by atoms with Crippen LogP contribution >= 0.6 is 0 Å². The molecule has 1 aromatic heterocycles. The Kier molecular flexibility index (Phi) is 4.07. The third kappa shape index (κ3) is 3.10. The number of para-hydroxylation sites is 1. The van der Waals surface area contributed by atoms with Crippen molar-refractivity contribution in [1.29, 1.82) is 0 Å². The monoisotopic (exact) mass is 287 g/mol. The van der Waals surface area contributed by atoms with Gasteiger partial charge in [0.1, 0.15) is 11.9 Å². The molecule has 0 bridgehead atoms. The maximum atomic E-state index is 11.8. The first-order valence-corrected chi connectivity index (χ1v) is 6.51. The number of amides is 1. The second-order valence-corrected chi connectivity index (χ2v) is 4.98. The van der Waals surface area contributed by atoms with Crippen LogP contribution in [0.4, 0.5) is 5.82 Å². The lowest BCUT2D eigenvalue weighted by molar-refractivity contribution is -0.129. The number of likely N-dealkylation sites (N-methyl/N-ethyl adjacent to an activating group) is 1. The highest BCUT2D eigenvalue weighted by Gasteiger charge is 2.17. The standard InChI is InChI=1S/C15H17N3O3/c1-9(14(19)18(2)3)16-13-8-11(15(20)21)10-6-4-5-7-12(10)17-13/h4-9H,1-3H3,(H,16,17)(H,20,21). The number of carboxylic acids is 1. The summed E-state index contributed by atoms with van der Waals surface area (Å²) in [5.41, 5.74) is 0.733. The Morgan fingerprint density at radius 3 is 2.57 bits per heavy atom. The molecule has 0 aliphatic carbocycles. The average molecular weight is 287 g/mol. The Labute approximate surface area is 122 Å². The fourth-order valence-corrected chi connectivity index (χ4v) is 2.10. The summed E-state index contributed by atoms with van der Waals surface area (Å²) in [5.74, 6) is -0.765. The van der Waals surface area contributed by atoms with E-state index in [-0.39, 0.29) is 11.5 Å². The number of fused-ring (bicyclic) bond motifs is 1. The highest BCUT2D eigenvalue weighted by Crippen LogP contribution is 2.21. The number of carbonyl (C=O) groups is 2. The molecule has 0 radical (unpaired) electrons. The number of nitrogens with zero attached hydrogens (tertiary/aromatic N) is 2. The molecule has 6 heteroatoms. The van der Waals surface area contributed by atoms with Gasteiger partial charge < -0.3 is 15.3 Å². The summed E-state index contributed by atoms with van der Waals surface area (Å²) in [7, 11) is 3.33. The van der Waals surface area contributed by atoms with Gasteiger partial charge in [-0.25, -0.2) is 9.78 Å². The van der Waals surface area contributed by atoms with E-state index in [0.29, 0.717) is 16.7 Å². The van der Waals surface area contributed by atoms with Crippen LogP contribution in [-0.2, 0) is 4.79 Å². The largest absolute Gasteiger partial charge is 0.478 e. The zero-order valence-electron chi connectivity index (χ0n) is 12.1. The van der Waals surface area contributed by atoms with Gasteiger partial charge in [-0.05, 0) is 19.1 Å². The van der Waals surface area contributed by atoms with E-state index in [1.54, 1.807) is 45.3 Å². The van der Waals surface area contributed by atoms with Crippen LogP contribution in [0.25, 0.3) is 10.9 Å². The Hall–Kier alpha value is -2.63. The van der Waals surface area contributed by atoms with Crippen molar-refractivity contribution in [1.82, 2.24) is 9.88 Å². The molecule has 0 aliphatic heterocycles. The van der Waals surface area contributed by atoms with Crippen LogP contribution in [0.1, 0.15) is 17.3 Å². The van der Waals surface area contributed by atoms with Crippen molar-refractivity contribution in [2.24, 2.45) is 0 Å². The first kappa shape index (κ1) is 14.8. The van der Waals surface area contributed by atoms with E-state index in [1.165, 1.54) is 11.0 Å². The first-order chi connectivity index (χ1) is 9.90. The quantitative estimate of drug-likeness (QED) is 0.896. The zero-order chi connectivity index (χ0) is 15.6. The highest BCUT2D eigenvalue weighted by atomic mass is 16.4. The topological polar surface area (TPSA) is 82.5 Å². The number of nitrogens with one attached hydrogen (secondary N) is 1. The molecule has 2 N–H and O–H groups in total. The van der Waals surface area contributed by atoms with Crippen molar-refractivity contribution in [2.45, 2.75) is 13.0 Å². The molecule has 0 fully saturated rings. The summed E-state index contributed by atoms with van der Waals surface area (Å²) in [6, 6.07) is 7.97. The minimum absolute atomic E-state index is 0.109. The fraction of sp³-hybridized carbons (Fsp3) is 0.267. The van der Waals surface area contributed by atoms with E-state index in [9.17, 15) is 14.7 Å². The normalized spacial score (nSPS) is 12.0. The van der Waals surface area contributed by atoms with Crippen LogP contribution in [-0.4, -0.2) is 47.0 Å². The van der Waals surface area contributed by atoms with Crippen LogP contribution in [0.2, 0.25) is 0 Å². The summed E-state index contributed by atoms with van der Waals surface area (Å²) < 4.78 is 0. The summed E-state index contributed by atoms with van der Waals surface area (Å²) in [6.07, 6.45) is 0. The van der Waals surface area contributed by atoms with E-state index in [0.717, 1.165) is 0 Å². The number of rotatable bonds is 4. The van der Waals surface area contributed by atoms with E-state index in [2.05, 4.69) is 10.3 Å². The van der Waals surface area contributed by atoms with Crippen molar-refractivity contribution in [2.75, 3.05) is 19.4 Å². The van der Waals surface area contributed by atoms with Gasteiger partial charge in [-0.15, -0.1) is 0 Å². The lowest BCUT2D eigenvalue weighted by Gasteiger charge is -2.19. The van der Waals surface area contributed by atoms with Crippen molar-refractivity contribution in [3.63, 3.8) is 0 Å². The van der Waals surface area contributed by atoms with Gasteiger partial charge in [-0.2, -0.15) is 0 Å². The third-order valence-corrected chi connectivity index (χ3v) is 3.12. The third-order valence-electron chi connectivity index (χ3n) is 3.12. The Bertz CT molecular complexity index is 698. The maximum Gasteiger partial charge on any atom is 0.336 e. The molecule has 6 nitrogen and oxygen atoms in total. The number of hydrogen-bond donors (Lipinski definition) is 2. The van der Waals surface area contributed by atoms with Crippen molar-refractivity contribution in [3.05, 3.63) is 35.9 Å². The van der Waals surface area contributed by atoms with Crippen molar-refractivity contribution < 1.29 is 14.7 Å². The Morgan fingerprint density at radius 1 is 1.29 bits per heavy atom. The van der Waals surface area contributed by atoms with Gasteiger partial charge in [0.05, 0.1) is 11.1 Å². The van der Waals surface area contributed by atoms with Crippen LogP contribution in [0.5, 0.6) is 0 Å². The molecule has 1 atom stereocenters. The first-order valence-electron chi connectivity index (χ1n) is 6.51. The maximum absolute atomic E-state index is 11.8. The molecule has 0 saturated heterocycles.